The summed E-state index contributed by atoms with van der Waals surface area (Å²) in [5, 5.41) is 11.9. The van der Waals surface area contributed by atoms with E-state index in [4.69, 9.17) is 5.11 Å². The molecule has 0 bridgehead atoms. The molecule has 2 fully saturated rings. The van der Waals surface area contributed by atoms with Crippen LogP contribution in [0.2, 0.25) is 0 Å². The van der Waals surface area contributed by atoms with Crippen LogP contribution in [0, 0.1) is 5.92 Å². The third-order valence-corrected chi connectivity index (χ3v) is 3.58. The number of β-amino-alcohol motifs (C(OH)–C–C–N with tert-alkyl or cyclic N) is 1. The molecule has 0 aromatic carbocycles. The van der Waals surface area contributed by atoms with Gasteiger partial charge in [-0.25, -0.2) is 0 Å². The predicted octanol–water partition coefficient (Wildman–Crippen LogP) is -0.114. The van der Waals surface area contributed by atoms with Crippen molar-refractivity contribution in [1.82, 2.24) is 10.2 Å². The highest BCUT2D eigenvalue weighted by atomic mass is 16.3. The van der Waals surface area contributed by atoms with Gasteiger partial charge in [0, 0.05) is 32.0 Å². The number of carbonyl (C=O) groups excluding carboxylic acids is 2. The second-order valence-corrected chi connectivity index (χ2v) is 4.97. The molecular weight excluding hydrogens is 220 g/mol. The van der Waals surface area contributed by atoms with Crippen molar-refractivity contribution in [3.63, 3.8) is 0 Å². The lowest BCUT2D eigenvalue weighted by molar-refractivity contribution is -0.141. The zero-order chi connectivity index (χ0) is 12.3. The van der Waals surface area contributed by atoms with Crippen LogP contribution in [0.4, 0.5) is 0 Å². The van der Waals surface area contributed by atoms with E-state index in [9.17, 15) is 9.59 Å². The maximum absolute atomic E-state index is 11.7. The lowest BCUT2D eigenvalue weighted by Gasteiger charge is -2.35. The Labute approximate surface area is 101 Å². The normalized spacial score (nSPS) is 21.4. The fourth-order valence-corrected chi connectivity index (χ4v) is 2.44. The van der Waals surface area contributed by atoms with Gasteiger partial charge in [0.05, 0.1) is 6.10 Å². The van der Waals surface area contributed by atoms with Crippen LogP contribution in [-0.4, -0.2) is 47.6 Å². The van der Waals surface area contributed by atoms with Gasteiger partial charge in [0.2, 0.25) is 11.8 Å². The molecule has 2 amide bonds. The molecule has 5 nitrogen and oxygen atoms in total. The average Bonchev–Trinajstić information content (AvgIpc) is 2.77. The number of nitrogens with one attached hydrogen (secondary N) is 1. The van der Waals surface area contributed by atoms with Crippen molar-refractivity contribution in [2.75, 3.05) is 19.6 Å². The molecule has 2 aliphatic rings. The summed E-state index contributed by atoms with van der Waals surface area (Å²) in [5.41, 5.74) is 0. The summed E-state index contributed by atoms with van der Waals surface area (Å²) in [6.07, 6.45) is 4.24. The minimum absolute atomic E-state index is 0.0158. The molecule has 5 heteroatoms. The highest BCUT2D eigenvalue weighted by molar-refractivity contribution is 5.81. The van der Waals surface area contributed by atoms with Gasteiger partial charge in [-0.3, -0.25) is 9.59 Å². The predicted molar refractivity (Wildman–Crippen MR) is 62.2 cm³/mol. The van der Waals surface area contributed by atoms with Gasteiger partial charge in [0.15, 0.2) is 0 Å². The number of nitrogens with zero attached hydrogens (tertiary/aromatic N) is 1. The maximum atomic E-state index is 11.7. The summed E-state index contributed by atoms with van der Waals surface area (Å²) in [4.78, 5) is 24.8. The van der Waals surface area contributed by atoms with Crippen LogP contribution in [0.5, 0.6) is 0 Å². The van der Waals surface area contributed by atoms with E-state index in [-0.39, 0.29) is 23.8 Å². The van der Waals surface area contributed by atoms with Gasteiger partial charge in [-0.15, -0.1) is 0 Å². The fraction of sp³-hybridized carbons (Fsp3) is 0.833. The van der Waals surface area contributed by atoms with E-state index in [1.807, 2.05) is 0 Å². The van der Waals surface area contributed by atoms with Gasteiger partial charge in [-0.2, -0.15) is 0 Å². The summed E-state index contributed by atoms with van der Waals surface area (Å²) >= 11 is 0. The van der Waals surface area contributed by atoms with E-state index in [0.29, 0.717) is 26.1 Å². The number of carbonyl (C=O) groups is 2. The van der Waals surface area contributed by atoms with Gasteiger partial charge in [0.1, 0.15) is 0 Å². The Kier molecular flexibility index (Phi) is 3.99. The van der Waals surface area contributed by atoms with Crippen LogP contribution >= 0.6 is 0 Å². The van der Waals surface area contributed by atoms with Crippen molar-refractivity contribution in [1.29, 1.82) is 0 Å². The SMILES string of the molecule is O=C(NCCC(=O)N1CC(O)C1)C1CCCC1. The Bertz CT molecular complexity index is 294. The van der Waals surface area contributed by atoms with Crippen molar-refractivity contribution in [3.8, 4) is 0 Å². The zero-order valence-electron chi connectivity index (χ0n) is 10.0. The van der Waals surface area contributed by atoms with E-state index in [2.05, 4.69) is 5.32 Å². The van der Waals surface area contributed by atoms with Crippen molar-refractivity contribution in [3.05, 3.63) is 0 Å². The van der Waals surface area contributed by atoms with Gasteiger partial charge in [-0.05, 0) is 12.8 Å². The third kappa shape index (κ3) is 3.19. The maximum Gasteiger partial charge on any atom is 0.224 e. The zero-order valence-corrected chi connectivity index (χ0v) is 10.0. The molecule has 1 saturated heterocycles. The van der Waals surface area contributed by atoms with E-state index in [1.165, 1.54) is 0 Å². The standard InChI is InChI=1S/C12H20N2O3/c15-10-7-14(8-10)11(16)5-6-13-12(17)9-3-1-2-4-9/h9-10,15H,1-8H2,(H,13,17). The number of aliphatic hydroxyl groups excluding tert-OH is 1. The van der Waals surface area contributed by atoms with Crippen LogP contribution < -0.4 is 5.32 Å². The molecule has 17 heavy (non-hydrogen) atoms. The lowest BCUT2D eigenvalue weighted by Crippen LogP contribution is -2.54. The molecule has 1 heterocycles. The number of amides is 2. The van der Waals surface area contributed by atoms with E-state index in [0.717, 1.165) is 25.7 Å². The second-order valence-electron chi connectivity index (χ2n) is 4.97. The third-order valence-electron chi connectivity index (χ3n) is 3.58. The van der Waals surface area contributed by atoms with Crippen LogP contribution in [0.15, 0.2) is 0 Å². The quantitative estimate of drug-likeness (QED) is 0.720. The molecule has 1 aliphatic heterocycles. The second kappa shape index (κ2) is 5.49. The van der Waals surface area contributed by atoms with Gasteiger partial charge >= 0.3 is 0 Å². The molecule has 96 valence electrons. The molecule has 2 rings (SSSR count). The number of aliphatic hydroxyl groups is 1. The monoisotopic (exact) mass is 240 g/mol. The molecule has 2 N–H and O–H groups in total. The molecule has 0 unspecified atom stereocenters. The Morgan fingerprint density at radius 3 is 2.47 bits per heavy atom. The largest absolute Gasteiger partial charge is 0.389 e. The van der Waals surface area contributed by atoms with Crippen molar-refractivity contribution < 1.29 is 14.7 Å². The summed E-state index contributed by atoms with van der Waals surface area (Å²) in [6, 6.07) is 0. The first kappa shape index (κ1) is 12.4. The number of likely N-dealkylation sites (tertiary alicyclic amines) is 1. The van der Waals surface area contributed by atoms with Crippen molar-refractivity contribution in [2.24, 2.45) is 5.92 Å². The van der Waals surface area contributed by atoms with Crippen molar-refractivity contribution >= 4 is 11.8 Å². The molecule has 0 aromatic rings. The minimum atomic E-state index is -0.355. The Morgan fingerprint density at radius 1 is 1.24 bits per heavy atom. The number of hydrogen-bond acceptors (Lipinski definition) is 3. The Morgan fingerprint density at radius 2 is 1.88 bits per heavy atom. The Balaban J connectivity index is 1.59. The molecule has 1 aliphatic carbocycles. The van der Waals surface area contributed by atoms with E-state index >= 15 is 0 Å². The highest BCUT2D eigenvalue weighted by Gasteiger charge is 2.28. The van der Waals surface area contributed by atoms with Gasteiger partial charge < -0.3 is 15.3 Å². The lowest BCUT2D eigenvalue weighted by atomic mass is 10.1. The first-order valence-electron chi connectivity index (χ1n) is 6.40. The first-order chi connectivity index (χ1) is 8.16. The van der Waals surface area contributed by atoms with Gasteiger partial charge in [0.25, 0.3) is 0 Å². The molecule has 0 aromatic heterocycles. The highest BCUT2D eigenvalue weighted by Crippen LogP contribution is 2.24. The van der Waals surface area contributed by atoms with E-state index < -0.39 is 0 Å². The molecular formula is C12H20N2O3. The summed E-state index contributed by atoms with van der Waals surface area (Å²) < 4.78 is 0. The summed E-state index contributed by atoms with van der Waals surface area (Å²) in [7, 11) is 0. The fourth-order valence-electron chi connectivity index (χ4n) is 2.44. The minimum Gasteiger partial charge on any atom is -0.389 e. The number of rotatable bonds is 4. The van der Waals surface area contributed by atoms with Crippen LogP contribution in [0.1, 0.15) is 32.1 Å². The average molecular weight is 240 g/mol. The molecule has 1 saturated carbocycles. The van der Waals surface area contributed by atoms with Gasteiger partial charge in [-0.1, -0.05) is 12.8 Å². The van der Waals surface area contributed by atoms with Crippen LogP contribution in [0.3, 0.4) is 0 Å². The van der Waals surface area contributed by atoms with Crippen molar-refractivity contribution in [2.45, 2.75) is 38.2 Å². The summed E-state index contributed by atoms with van der Waals surface area (Å²) in [5.74, 6) is 0.275. The number of hydrogen-bond donors (Lipinski definition) is 2. The van der Waals surface area contributed by atoms with E-state index in [1.54, 1.807) is 4.90 Å². The first-order valence-corrected chi connectivity index (χ1v) is 6.40. The topological polar surface area (TPSA) is 69.6 Å². The summed E-state index contributed by atoms with van der Waals surface area (Å²) in [6.45, 7) is 1.30. The molecule has 0 atom stereocenters. The molecule has 0 spiro atoms. The van der Waals surface area contributed by atoms with Crippen LogP contribution in [0.25, 0.3) is 0 Å². The molecule has 0 radical (unpaired) electrons. The Hall–Kier alpha value is -1.10. The smallest absolute Gasteiger partial charge is 0.224 e. The van der Waals surface area contributed by atoms with Crippen LogP contribution in [-0.2, 0) is 9.59 Å².